The van der Waals surface area contributed by atoms with Crippen molar-refractivity contribution in [3.8, 4) is 0 Å². The summed E-state index contributed by atoms with van der Waals surface area (Å²) in [6.07, 6.45) is -0.0268. The van der Waals surface area contributed by atoms with Gasteiger partial charge in [-0.05, 0) is 66.4 Å². The summed E-state index contributed by atoms with van der Waals surface area (Å²) >= 11 is 12.2. The summed E-state index contributed by atoms with van der Waals surface area (Å²) in [7, 11) is 0. The molecule has 0 bridgehead atoms. The van der Waals surface area contributed by atoms with Crippen LogP contribution in [0.4, 0.5) is 15.8 Å². The van der Waals surface area contributed by atoms with E-state index in [2.05, 4.69) is 0 Å². The molecule has 0 radical (unpaired) electrons. The number of amides is 6. The first-order valence-electron chi connectivity index (χ1n) is 18.7. The van der Waals surface area contributed by atoms with E-state index in [0.29, 0.717) is 28.3 Å². The van der Waals surface area contributed by atoms with Crippen molar-refractivity contribution in [1.29, 1.82) is 0 Å². The highest BCUT2D eigenvalue weighted by molar-refractivity contribution is 6.34. The second-order valence-electron chi connectivity index (χ2n) is 14.7. The zero-order chi connectivity index (χ0) is 43.1. The number of carboxylic acids is 2. The summed E-state index contributed by atoms with van der Waals surface area (Å²) in [4.78, 5) is 106. The van der Waals surface area contributed by atoms with E-state index in [-0.39, 0.29) is 55.2 Å². The molecule has 2 saturated heterocycles. The number of benzene rings is 4. The van der Waals surface area contributed by atoms with Gasteiger partial charge in [0.05, 0.1) is 25.1 Å². The number of carboxylic acid groups (broad SMARTS) is 2. The number of halogens is 3. The van der Waals surface area contributed by atoms with Crippen molar-refractivity contribution in [2.24, 2.45) is 0 Å². The molecule has 2 atom stereocenters. The maximum absolute atomic E-state index is 13.5. The number of rotatable bonds is 11. The number of carbonyl (C=O) groups is 8. The fraction of sp³-hybridized carbons (Fsp3) is 0.256. The number of anilines is 2. The van der Waals surface area contributed by atoms with Crippen molar-refractivity contribution in [1.82, 2.24) is 9.80 Å². The zero-order valence-corrected chi connectivity index (χ0v) is 33.1. The lowest BCUT2D eigenvalue weighted by molar-refractivity contribution is -0.144. The Morgan fingerprint density at radius 1 is 0.600 bits per heavy atom. The van der Waals surface area contributed by atoms with Gasteiger partial charge in [-0.15, -0.1) is 0 Å². The second kappa shape index (κ2) is 16.3. The maximum Gasteiger partial charge on any atom is 0.323 e. The van der Waals surface area contributed by atoms with E-state index < -0.39 is 77.0 Å². The fourth-order valence-corrected chi connectivity index (χ4v) is 8.61. The number of aliphatic carboxylic acids is 2. The highest BCUT2D eigenvalue weighted by Gasteiger charge is 2.65. The SMILES string of the molecule is O=C(O)CCCN1C(=O)C2(CC(=O)N(CCc3ccccc3)C2=O)c2cc(Cl)ccc21.O=C(O)CN1C(=O)C2(CC(=O)N(Cc3ccc(F)cc3)C2=O)c2ccc(Cl)cc21. The molecule has 17 heteroatoms. The smallest absolute Gasteiger partial charge is 0.323 e. The van der Waals surface area contributed by atoms with Gasteiger partial charge in [-0.1, -0.05) is 71.7 Å². The van der Waals surface area contributed by atoms with Gasteiger partial charge in [0.1, 0.15) is 12.4 Å². The molecule has 2 fully saturated rings. The van der Waals surface area contributed by atoms with E-state index in [4.69, 9.17) is 28.3 Å². The Labute approximate surface area is 351 Å². The quantitative estimate of drug-likeness (QED) is 0.155. The van der Waals surface area contributed by atoms with Gasteiger partial charge < -0.3 is 15.1 Å². The highest BCUT2D eigenvalue weighted by Crippen LogP contribution is 2.51. The topological polar surface area (TPSA) is 190 Å². The Morgan fingerprint density at radius 3 is 1.85 bits per heavy atom. The number of imide groups is 2. The average molecular weight is 858 g/mol. The molecule has 308 valence electrons. The van der Waals surface area contributed by atoms with Crippen LogP contribution in [0.2, 0.25) is 10.0 Å². The molecule has 0 aromatic heterocycles. The van der Waals surface area contributed by atoms with Crippen molar-refractivity contribution in [3.05, 3.63) is 129 Å². The van der Waals surface area contributed by atoms with Crippen LogP contribution < -0.4 is 9.80 Å². The van der Waals surface area contributed by atoms with Gasteiger partial charge in [0, 0.05) is 46.4 Å². The Morgan fingerprint density at radius 2 is 1.18 bits per heavy atom. The predicted molar refractivity (Wildman–Crippen MR) is 214 cm³/mol. The van der Waals surface area contributed by atoms with Crippen molar-refractivity contribution in [3.63, 3.8) is 0 Å². The molecule has 0 aliphatic carbocycles. The van der Waals surface area contributed by atoms with Gasteiger partial charge in [-0.25, -0.2) is 4.39 Å². The van der Waals surface area contributed by atoms with E-state index in [1.165, 1.54) is 47.4 Å². The molecule has 14 nitrogen and oxygen atoms in total. The molecule has 60 heavy (non-hydrogen) atoms. The van der Waals surface area contributed by atoms with Crippen molar-refractivity contribution >= 4 is 82.0 Å². The van der Waals surface area contributed by atoms with Crippen LogP contribution >= 0.6 is 23.2 Å². The molecule has 0 saturated carbocycles. The van der Waals surface area contributed by atoms with Gasteiger partial charge in [-0.2, -0.15) is 0 Å². The summed E-state index contributed by atoms with van der Waals surface area (Å²) in [5, 5.41) is 18.7. The molecule has 2 unspecified atom stereocenters. The first-order valence-corrected chi connectivity index (χ1v) is 19.5. The largest absolute Gasteiger partial charge is 0.481 e. The molecule has 2 spiro atoms. The number of likely N-dealkylation sites (tertiary alicyclic amines) is 2. The Kier molecular flexibility index (Phi) is 11.3. The van der Waals surface area contributed by atoms with E-state index in [1.807, 2.05) is 30.3 Å². The Balaban J connectivity index is 0.000000182. The summed E-state index contributed by atoms with van der Waals surface area (Å²) < 4.78 is 13.1. The van der Waals surface area contributed by atoms with Crippen LogP contribution in [0.5, 0.6) is 0 Å². The van der Waals surface area contributed by atoms with Crippen molar-refractivity contribution < 1.29 is 53.0 Å². The first-order chi connectivity index (χ1) is 28.6. The van der Waals surface area contributed by atoms with Crippen LogP contribution in [0.1, 0.15) is 47.9 Å². The maximum atomic E-state index is 13.5. The summed E-state index contributed by atoms with van der Waals surface area (Å²) in [5.74, 6) is -6.16. The average Bonchev–Trinajstić information content (AvgIpc) is 3.79. The zero-order valence-electron chi connectivity index (χ0n) is 31.6. The monoisotopic (exact) mass is 856 g/mol. The van der Waals surface area contributed by atoms with Crippen LogP contribution in [-0.2, 0) is 62.2 Å². The molecule has 4 aromatic rings. The first kappa shape index (κ1) is 41.7. The van der Waals surface area contributed by atoms with Crippen LogP contribution in [0.15, 0.2) is 91.0 Å². The third-order valence-electron chi connectivity index (χ3n) is 11.1. The van der Waals surface area contributed by atoms with E-state index in [9.17, 15) is 47.9 Å². The standard InChI is InChI=1S/C23H21ClN2O5.C20H14ClFN2O5/c24-16-8-9-18-17(13-16)23(21(30)25(18)11-4-7-20(28)29)14-19(27)26(22(23)31)12-10-15-5-2-1-3-6-15;21-12-3-6-14-15(7-12)23(10-17(26)27)18(28)20(14)8-16(25)24(19(20)29)9-11-1-4-13(22)5-2-11/h1-3,5-6,8-9,13H,4,7,10-12,14H2,(H,28,29);1-7H,8-10H2,(H,26,27). The summed E-state index contributed by atoms with van der Waals surface area (Å²) in [6, 6.07) is 24.0. The lowest BCUT2D eigenvalue weighted by Crippen LogP contribution is -2.47. The molecular formula is C43H35Cl2FN4O10. The molecular weight excluding hydrogens is 822 g/mol. The number of hydrogen-bond acceptors (Lipinski definition) is 8. The molecule has 4 aliphatic heterocycles. The predicted octanol–water partition coefficient (Wildman–Crippen LogP) is 4.90. The number of nitrogens with zero attached hydrogens (tertiary/aromatic N) is 4. The normalized spacial score (nSPS) is 20.4. The lowest BCUT2D eigenvalue weighted by atomic mass is 9.80. The lowest BCUT2D eigenvalue weighted by Gasteiger charge is -2.22. The van der Waals surface area contributed by atoms with Crippen molar-refractivity contribution in [2.45, 2.75) is 49.5 Å². The Hall–Kier alpha value is -6.45. The molecule has 4 aliphatic rings. The summed E-state index contributed by atoms with van der Waals surface area (Å²) in [5.41, 5.74) is -0.548. The minimum absolute atomic E-state index is 0.101. The van der Waals surface area contributed by atoms with Crippen LogP contribution in [0.3, 0.4) is 0 Å². The van der Waals surface area contributed by atoms with Crippen LogP contribution in [0.25, 0.3) is 0 Å². The molecule has 8 rings (SSSR count). The molecule has 4 heterocycles. The Bertz CT molecular complexity index is 2490. The second-order valence-corrected chi connectivity index (χ2v) is 15.6. The fourth-order valence-electron chi connectivity index (χ4n) is 8.27. The van der Waals surface area contributed by atoms with Gasteiger partial charge in [-0.3, -0.25) is 53.1 Å². The minimum Gasteiger partial charge on any atom is -0.481 e. The number of hydrogen-bond donors (Lipinski definition) is 2. The third kappa shape index (κ3) is 7.28. The highest BCUT2D eigenvalue weighted by atomic mass is 35.5. The van der Waals surface area contributed by atoms with E-state index in [1.54, 1.807) is 18.2 Å². The van der Waals surface area contributed by atoms with E-state index in [0.717, 1.165) is 20.3 Å². The molecule has 2 N–H and O–H groups in total. The third-order valence-corrected chi connectivity index (χ3v) is 11.6. The van der Waals surface area contributed by atoms with Gasteiger partial charge in [0.15, 0.2) is 10.8 Å². The minimum atomic E-state index is -1.81. The number of fused-ring (bicyclic) bond motifs is 4. The van der Waals surface area contributed by atoms with Crippen LogP contribution in [-0.4, -0.2) is 87.0 Å². The van der Waals surface area contributed by atoms with E-state index >= 15 is 0 Å². The summed E-state index contributed by atoms with van der Waals surface area (Å²) in [6.45, 7) is -0.444. The van der Waals surface area contributed by atoms with Gasteiger partial charge in [0.2, 0.25) is 35.4 Å². The number of carbonyl (C=O) groups excluding carboxylic acids is 6. The van der Waals surface area contributed by atoms with Gasteiger partial charge >= 0.3 is 11.9 Å². The van der Waals surface area contributed by atoms with Crippen molar-refractivity contribution in [2.75, 3.05) is 29.4 Å². The molecule has 6 amide bonds. The molecule has 4 aromatic carbocycles. The van der Waals surface area contributed by atoms with Crippen LogP contribution in [0, 0.1) is 5.82 Å². The van der Waals surface area contributed by atoms with Gasteiger partial charge in [0.25, 0.3) is 0 Å².